The highest BCUT2D eigenvalue weighted by molar-refractivity contribution is 7.92. The summed E-state index contributed by atoms with van der Waals surface area (Å²) in [5.41, 5.74) is 1.60. The van der Waals surface area contributed by atoms with E-state index >= 15 is 0 Å². The van der Waals surface area contributed by atoms with Crippen molar-refractivity contribution in [3.05, 3.63) is 46.2 Å². The summed E-state index contributed by atoms with van der Waals surface area (Å²) in [7, 11) is -3.75. The van der Waals surface area contributed by atoms with E-state index in [1.54, 1.807) is 12.1 Å². The zero-order valence-electron chi connectivity index (χ0n) is 11.4. The average molecular weight is 325 g/mol. The third-order valence-electron chi connectivity index (χ3n) is 2.84. The predicted octanol–water partition coefficient (Wildman–Crippen LogP) is 3.20. The van der Waals surface area contributed by atoms with Gasteiger partial charge in [0, 0.05) is 11.1 Å². The topological polar surface area (TPSA) is 83.5 Å². The van der Waals surface area contributed by atoms with Gasteiger partial charge in [0.2, 0.25) is 0 Å². The number of carbonyl (C=O) groups is 1. The van der Waals surface area contributed by atoms with E-state index in [1.807, 2.05) is 12.1 Å². The van der Waals surface area contributed by atoms with Crippen molar-refractivity contribution in [2.45, 2.75) is 24.7 Å². The molecule has 0 radical (unpaired) electrons. The Morgan fingerprint density at radius 1 is 1.29 bits per heavy atom. The van der Waals surface area contributed by atoms with Gasteiger partial charge >= 0.3 is 5.97 Å². The van der Waals surface area contributed by atoms with Gasteiger partial charge < -0.3 is 5.11 Å². The second-order valence-corrected chi connectivity index (χ2v) is 7.10. The van der Waals surface area contributed by atoms with E-state index in [2.05, 4.69) is 11.6 Å². The lowest BCUT2D eigenvalue weighted by molar-refractivity contribution is 0.0702. The summed E-state index contributed by atoms with van der Waals surface area (Å²) in [6, 6.07) is 8.30. The summed E-state index contributed by atoms with van der Waals surface area (Å²) < 4.78 is 26.7. The van der Waals surface area contributed by atoms with Crippen LogP contribution in [-0.2, 0) is 16.4 Å². The predicted molar refractivity (Wildman–Crippen MR) is 82.5 cm³/mol. The van der Waals surface area contributed by atoms with Gasteiger partial charge in [0.15, 0.2) is 0 Å². The molecule has 0 saturated carbocycles. The van der Waals surface area contributed by atoms with Crippen LogP contribution >= 0.6 is 11.3 Å². The number of aromatic carboxylic acids is 1. The molecule has 0 aliphatic rings. The normalized spacial score (nSPS) is 11.3. The van der Waals surface area contributed by atoms with Crippen LogP contribution in [0.25, 0.3) is 0 Å². The first-order valence-electron chi connectivity index (χ1n) is 6.36. The summed E-state index contributed by atoms with van der Waals surface area (Å²) >= 11 is 0.885. The lowest BCUT2D eigenvalue weighted by Gasteiger charge is -2.07. The van der Waals surface area contributed by atoms with Gasteiger partial charge in [-0.3, -0.25) is 4.72 Å². The van der Waals surface area contributed by atoms with Crippen LogP contribution in [0.2, 0.25) is 0 Å². The van der Waals surface area contributed by atoms with Gasteiger partial charge in [-0.2, -0.15) is 0 Å². The Bertz CT molecular complexity index is 733. The summed E-state index contributed by atoms with van der Waals surface area (Å²) in [5.74, 6) is -1.13. The fourth-order valence-electron chi connectivity index (χ4n) is 1.81. The molecule has 1 aromatic heterocycles. The minimum Gasteiger partial charge on any atom is -0.477 e. The molecular formula is C14H15NO4S2. The van der Waals surface area contributed by atoms with Gasteiger partial charge in [-0.25, -0.2) is 13.2 Å². The molecule has 21 heavy (non-hydrogen) atoms. The molecule has 2 rings (SSSR count). The number of nitrogens with one attached hydrogen (secondary N) is 1. The smallest absolute Gasteiger partial charge is 0.345 e. The minimum absolute atomic E-state index is 0.00586. The molecule has 2 aromatic rings. The molecular weight excluding hydrogens is 310 g/mol. The maximum atomic E-state index is 12.2. The van der Waals surface area contributed by atoms with Crippen molar-refractivity contribution in [2.24, 2.45) is 0 Å². The molecule has 5 nitrogen and oxygen atoms in total. The van der Waals surface area contributed by atoms with E-state index in [-0.39, 0.29) is 9.77 Å². The fourth-order valence-corrected chi connectivity index (χ4v) is 3.98. The Morgan fingerprint density at radius 2 is 1.95 bits per heavy atom. The molecule has 112 valence electrons. The monoisotopic (exact) mass is 325 g/mol. The number of thiophene rings is 1. The standard InChI is InChI=1S/C14H15NO4S2/c1-2-3-10-4-6-11(7-5-10)15-21(18,19)12-8-13(14(16)17)20-9-12/h4-9,15H,2-3H2,1H3,(H,16,17). The first-order valence-corrected chi connectivity index (χ1v) is 8.72. The largest absolute Gasteiger partial charge is 0.477 e. The maximum Gasteiger partial charge on any atom is 0.345 e. The van der Waals surface area contributed by atoms with Gasteiger partial charge in [-0.05, 0) is 30.2 Å². The van der Waals surface area contributed by atoms with Crippen molar-refractivity contribution < 1.29 is 18.3 Å². The summed E-state index contributed by atoms with van der Waals surface area (Å²) in [4.78, 5) is 10.7. The van der Waals surface area contributed by atoms with Crippen molar-refractivity contribution in [3.8, 4) is 0 Å². The minimum atomic E-state index is -3.75. The third kappa shape index (κ3) is 3.83. The van der Waals surface area contributed by atoms with E-state index in [9.17, 15) is 13.2 Å². The van der Waals surface area contributed by atoms with Crippen LogP contribution in [-0.4, -0.2) is 19.5 Å². The van der Waals surface area contributed by atoms with E-state index in [1.165, 1.54) is 5.38 Å². The molecule has 1 aromatic carbocycles. The fraction of sp³-hybridized carbons (Fsp3) is 0.214. The quantitative estimate of drug-likeness (QED) is 0.854. The third-order valence-corrected chi connectivity index (χ3v) is 5.27. The first-order chi connectivity index (χ1) is 9.92. The van der Waals surface area contributed by atoms with E-state index in [4.69, 9.17) is 5.11 Å². The van der Waals surface area contributed by atoms with Gasteiger partial charge in [0.1, 0.15) is 4.88 Å². The summed E-state index contributed by atoms with van der Waals surface area (Å²) in [5, 5.41) is 10.1. The molecule has 0 atom stereocenters. The highest BCUT2D eigenvalue weighted by atomic mass is 32.2. The Balaban J connectivity index is 2.18. The van der Waals surface area contributed by atoms with Crippen LogP contribution in [0.15, 0.2) is 40.6 Å². The average Bonchev–Trinajstić information content (AvgIpc) is 2.92. The number of anilines is 1. The number of hydrogen-bond acceptors (Lipinski definition) is 4. The number of benzene rings is 1. The van der Waals surface area contributed by atoms with Gasteiger partial charge in [-0.15, -0.1) is 11.3 Å². The van der Waals surface area contributed by atoms with E-state index in [0.717, 1.165) is 35.8 Å². The highest BCUT2D eigenvalue weighted by Crippen LogP contribution is 2.22. The summed E-state index contributed by atoms with van der Waals surface area (Å²) in [6.07, 6.45) is 1.97. The Kier molecular flexibility index (Phi) is 4.64. The van der Waals surface area contributed by atoms with E-state index < -0.39 is 16.0 Å². The second kappa shape index (κ2) is 6.28. The summed E-state index contributed by atoms with van der Waals surface area (Å²) in [6.45, 7) is 2.08. The van der Waals surface area contributed by atoms with Crippen LogP contribution in [0.1, 0.15) is 28.6 Å². The van der Waals surface area contributed by atoms with Crippen LogP contribution in [0.5, 0.6) is 0 Å². The Morgan fingerprint density at radius 3 is 2.48 bits per heavy atom. The lowest BCUT2D eigenvalue weighted by Crippen LogP contribution is -2.12. The molecule has 0 bridgehead atoms. The molecule has 0 fully saturated rings. The molecule has 0 amide bonds. The van der Waals surface area contributed by atoms with Gasteiger partial charge in [-0.1, -0.05) is 25.5 Å². The number of aryl methyl sites for hydroxylation is 1. The Labute approximate surface area is 127 Å². The molecule has 1 heterocycles. The highest BCUT2D eigenvalue weighted by Gasteiger charge is 2.18. The molecule has 0 aliphatic carbocycles. The van der Waals surface area contributed by atoms with Crippen molar-refractivity contribution in [3.63, 3.8) is 0 Å². The van der Waals surface area contributed by atoms with Gasteiger partial charge in [0.25, 0.3) is 10.0 Å². The SMILES string of the molecule is CCCc1ccc(NS(=O)(=O)c2csc(C(=O)O)c2)cc1. The zero-order valence-corrected chi connectivity index (χ0v) is 13.0. The zero-order chi connectivity index (χ0) is 15.5. The van der Waals surface area contributed by atoms with Crippen LogP contribution in [0.4, 0.5) is 5.69 Å². The maximum absolute atomic E-state index is 12.2. The van der Waals surface area contributed by atoms with Gasteiger partial charge in [0.05, 0.1) is 4.90 Å². The molecule has 0 unspecified atom stereocenters. The number of sulfonamides is 1. The van der Waals surface area contributed by atoms with Crippen LogP contribution < -0.4 is 4.72 Å². The molecule has 2 N–H and O–H groups in total. The van der Waals surface area contributed by atoms with E-state index in [0.29, 0.717) is 5.69 Å². The van der Waals surface area contributed by atoms with Crippen molar-refractivity contribution >= 4 is 33.0 Å². The molecule has 0 spiro atoms. The van der Waals surface area contributed by atoms with Crippen LogP contribution in [0, 0.1) is 0 Å². The first kappa shape index (κ1) is 15.5. The second-order valence-electron chi connectivity index (χ2n) is 4.50. The van der Waals surface area contributed by atoms with Crippen molar-refractivity contribution in [2.75, 3.05) is 4.72 Å². The number of carboxylic acid groups (broad SMARTS) is 1. The number of hydrogen-bond donors (Lipinski definition) is 2. The van der Waals surface area contributed by atoms with Crippen LogP contribution in [0.3, 0.4) is 0 Å². The number of carboxylic acids is 1. The molecule has 0 saturated heterocycles. The molecule has 7 heteroatoms. The molecule has 0 aliphatic heterocycles. The Hall–Kier alpha value is -1.86. The number of rotatable bonds is 6. The lowest BCUT2D eigenvalue weighted by atomic mass is 10.1. The van der Waals surface area contributed by atoms with Crippen molar-refractivity contribution in [1.29, 1.82) is 0 Å². The van der Waals surface area contributed by atoms with Crippen molar-refractivity contribution in [1.82, 2.24) is 0 Å².